The number of hydrogen-bond acceptors (Lipinski definition) is 16. The van der Waals surface area contributed by atoms with Crippen LogP contribution in [0, 0.1) is 0 Å². The Morgan fingerprint density at radius 1 is 0.976 bits per heavy atom. The summed E-state index contributed by atoms with van der Waals surface area (Å²) in [6.45, 7) is -0.167. The van der Waals surface area contributed by atoms with Crippen LogP contribution in [-0.2, 0) is 16.0 Å². The van der Waals surface area contributed by atoms with E-state index in [1.54, 1.807) is 4.57 Å². The fraction of sp³-hybridized carbons (Fsp3) is 0.545. The quantitative estimate of drug-likeness (QED) is 0.116. The van der Waals surface area contributed by atoms with Crippen LogP contribution in [0.1, 0.15) is 12.6 Å². The van der Waals surface area contributed by atoms with E-state index in [4.69, 9.17) is 20.9 Å². The van der Waals surface area contributed by atoms with Crippen LogP contribution >= 0.6 is 0 Å². The lowest BCUT2D eigenvalue weighted by atomic mass is 10.0. The number of nitrogens with zero attached hydrogens (tertiary/aromatic N) is 9. The molecular formula is C22H27N13O7. The Labute approximate surface area is 233 Å². The zero-order chi connectivity index (χ0) is 29.3. The lowest BCUT2D eigenvalue weighted by Gasteiger charge is -2.28. The highest BCUT2D eigenvalue weighted by Crippen LogP contribution is 2.36. The lowest BCUT2D eigenvalue weighted by Crippen LogP contribution is -2.48. The summed E-state index contributed by atoms with van der Waals surface area (Å²) in [6, 6.07) is -1.38. The van der Waals surface area contributed by atoms with Gasteiger partial charge < -0.3 is 40.8 Å². The van der Waals surface area contributed by atoms with E-state index in [0.29, 0.717) is 0 Å². The average Bonchev–Trinajstić information content (AvgIpc) is 3.76. The maximum absolute atomic E-state index is 12.2. The number of anilines is 2. The van der Waals surface area contributed by atoms with Crippen LogP contribution in [0.5, 0.6) is 0 Å². The minimum atomic E-state index is -1.12. The van der Waals surface area contributed by atoms with Gasteiger partial charge in [-0.05, 0) is 0 Å². The van der Waals surface area contributed by atoms with Crippen LogP contribution in [-0.4, -0.2) is 115 Å². The molecule has 0 radical (unpaired) electrons. The summed E-state index contributed by atoms with van der Waals surface area (Å²) >= 11 is 0. The molecule has 2 fully saturated rings. The van der Waals surface area contributed by atoms with Crippen LogP contribution in [0.4, 0.5) is 11.9 Å². The molecule has 7 rings (SSSR count). The number of aliphatic hydroxyl groups is 3. The zero-order valence-electron chi connectivity index (χ0n) is 21.8. The average molecular weight is 586 g/mol. The Morgan fingerprint density at radius 2 is 1.67 bits per heavy atom. The van der Waals surface area contributed by atoms with E-state index in [1.807, 2.05) is 0 Å². The van der Waals surface area contributed by atoms with Crippen molar-refractivity contribution in [3.63, 3.8) is 0 Å². The Balaban J connectivity index is 1.06. The normalized spacial score (nSPS) is 31.3. The van der Waals surface area contributed by atoms with Gasteiger partial charge in [0.15, 0.2) is 22.3 Å². The van der Waals surface area contributed by atoms with Gasteiger partial charge in [0.05, 0.1) is 38.5 Å². The van der Waals surface area contributed by atoms with Crippen molar-refractivity contribution in [2.45, 2.75) is 61.8 Å². The molecule has 2 saturated heterocycles. The molecule has 3 aliphatic heterocycles. The molecule has 8 atom stereocenters. The van der Waals surface area contributed by atoms with Crippen molar-refractivity contribution in [2.24, 2.45) is 10.3 Å². The SMILES string of the molecule is Nc1nc2c(ncn2C[C@@H]2O[C@H](CO)C(N3CC([C@H]4O[C@@H](n5cnc6c(=O)[nH]c(N)nc65)C[C@@H]4O)N=N3)[C@H]2O)c(=O)[nH]1. The molecule has 42 heavy (non-hydrogen) atoms. The number of nitrogens with two attached hydrogens (primary N) is 2. The van der Waals surface area contributed by atoms with Crippen molar-refractivity contribution in [1.29, 1.82) is 0 Å². The van der Waals surface area contributed by atoms with Crippen LogP contribution in [0.3, 0.4) is 0 Å². The summed E-state index contributed by atoms with van der Waals surface area (Å²) in [7, 11) is 0. The second-order valence-corrected chi connectivity index (χ2v) is 10.4. The number of aromatic nitrogens is 8. The molecule has 0 bridgehead atoms. The standard InChI is InChI=1S/C22H27N13O7/c23-21-27-17-12(19(39)29-21)25-5-33(17)3-9-15(38)14(10(4-36)41-9)35-2-7(31-32-35)16-8(37)1-11(42-16)34-6-26-13-18(34)28-22(24)30-20(13)40/h5-11,14-16,36-38H,1-4H2,(H3,23,27,29,39)(H3,24,28,30,40)/t7?,8-,9-,10+,11+,14?,15-,16+/m0/s1. The molecule has 0 amide bonds. The van der Waals surface area contributed by atoms with Gasteiger partial charge in [-0.2, -0.15) is 15.1 Å². The zero-order valence-corrected chi connectivity index (χ0v) is 21.8. The molecule has 0 aromatic carbocycles. The number of imidazole rings is 2. The third-order valence-corrected chi connectivity index (χ3v) is 7.82. The Kier molecular flexibility index (Phi) is 6.16. The Morgan fingerprint density at radius 3 is 2.40 bits per heavy atom. The van der Waals surface area contributed by atoms with Crippen molar-refractivity contribution >= 4 is 34.2 Å². The van der Waals surface area contributed by atoms with Gasteiger partial charge in [0.25, 0.3) is 11.1 Å². The number of H-pyrrole nitrogens is 2. The van der Waals surface area contributed by atoms with E-state index >= 15 is 0 Å². The van der Waals surface area contributed by atoms with Gasteiger partial charge >= 0.3 is 0 Å². The molecule has 2 unspecified atom stereocenters. The predicted molar refractivity (Wildman–Crippen MR) is 141 cm³/mol. The maximum Gasteiger partial charge on any atom is 0.280 e. The summed E-state index contributed by atoms with van der Waals surface area (Å²) in [5.41, 5.74) is 11.0. The van der Waals surface area contributed by atoms with Crippen LogP contribution in [0.2, 0.25) is 0 Å². The van der Waals surface area contributed by atoms with Gasteiger partial charge in [-0.1, -0.05) is 5.22 Å². The first-order valence-corrected chi connectivity index (χ1v) is 13.1. The first-order valence-electron chi connectivity index (χ1n) is 13.1. The lowest BCUT2D eigenvalue weighted by molar-refractivity contribution is -0.0343. The van der Waals surface area contributed by atoms with Crippen LogP contribution in [0.15, 0.2) is 32.6 Å². The van der Waals surface area contributed by atoms with Gasteiger partial charge in [0.1, 0.15) is 42.7 Å². The number of hydrogen-bond donors (Lipinski definition) is 7. The minimum absolute atomic E-state index is 0.0708. The molecule has 20 nitrogen and oxygen atoms in total. The first-order chi connectivity index (χ1) is 20.2. The summed E-state index contributed by atoms with van der Waals surface area (Å²) in [5.74, 6) is -0.153. The summed E-state index contributed by atoms with van der Waals surface area (Å²) in [5, 5.41) is 42.2. The molecule has 7 heterocycles. The number of nitrogen functional groups attached to an aromatic ring is 2. The molecule has 4 aromatic heterocycles. The summed E-state index contributed by atoms with van der Waals surface area (Å²) in [6.07, 6.45) is -2.16. The van der Waals surface area contributed by atoms with Crippen molar-refractivity contribution in [1.82, 2.24) is 44.0 Å². The summed E-state index contributed by atoms with van der Waals surface area (Å²) < 4.78 is 15.2. The van der Waals surface area contributed by atoms with Crippen LogP contribution in [0.25, 0.3) is 22.3 Å². The molecule has 4 aromatic rings. The second kappa shape index (κ2) is 9.80. The van der Waals surface area contributed by atoms with E-state index in [0.717, 1.165) is 0 Å². The van der Waals surface area contributed by atoms with Crippen molar-refractivity contribution < 1.29 is 24.8 Å². The van der Waals surface area contributed by atoms with E-state index < -0.39 is 66.6 Å². The van der Waals surface area contributed by atoms with Gasteiger partial charge in [-0.3, -0.25) is 29.1 Å². The van der Waals surface area contributed by atoms with Gasteiger partial charge in [-0.15, -0.1) is 0 Å². The summed E-state index contributed by atoms with van der Waals surface area (Å²) in [4.78, 5) is 45.5. The molecule has 0 spiro atoms. The fourth-order valence-electron chi connectivity index (χ4n) is 5.89. The molecule has 0 saturated carbocycles. The van der Waals surface area contributed by atoms with E-state index in [9.17, 15) is 24.9 Å². The molecule has 3 aliphatic rings. The Bertz CT molecular complexity index is 1800. The predicted octanol–water partition coefficient (Wildman–Crippen LogP) is -3.39. The van der Waals surface area contributed by atoms with Crippen molar-refractivity contribution in [3.05, 3.63) is 33.4 Å². The highest BCUT2D eigenvalue weighted by Gasteiger charge is 2.50. The molecule has 222 valence electrons. The molecular weight excluding hydrogens is 558 g/mol. The number of fused-ring (bicyclic) bond motifs is 2. The third kappa shape index (κ3) is 4.18. The highest BCUT2D eigenvalue weighted by molar-refractivity contribution is 5.71. The van der Waals surface area contributed by atoms with Gasteiger partial charge in [-0.25, -0.2) is 9.97 Å². The van der Waals surface area contributed by atoms with Gasteiger partial charge in [0, 0.05) is 6.42 Å². The number of aliphatic hydroxyl groups excluding tert-OH is 3. The highest BCUT2D eigenvalue weighted by atomic mass is 16.5. The van der Waals surface area contributed by atoms with Crippen molar-refractivity contribution in [3.8, 4) is 0 Å². The van der Waals surface area contributed by atoms with E-state index in [2.05, 4.69) is 40.2 Å². The largest absolute Gasteiger partial charge is 0.394 e. The number of aromatic amines is 2. The van der Waals surface area contributed by atoms with Crippen molar-refractivity contribution in [2.75, 3.05) is 24.6 Å². The van der Waals surface area contributed by atoms with Crippen LogP contribution < -0.4 is 22.6 Å². The topological polar surface area (TPSA) is 286 Å². The Hall–Kier alpha value is -4.50. The number of ether oxygens (including phenoxy) is 2. The maximum atomic E-state index is 12.2. The second-order valence-electron chi connectivity index (χ2n) is 10.4. The number of rotatable bonds is 6. The molecule has 9 N–H and O–H groups in total. The monoisotopic (exact) mass is 585 g/mol. The van der Waals surface area contributed by atoms with Gasteiger partial charge in [0.2, 0.25) is 11.9 Å². The molecule has 0 aliphatic carbocycles. The first kappa shape index (κ1) is 26.4. The smallest absolute Gasteiger partial charge is 0.280 e. The molecule has 20 heteroatoms. The third-order valence-electron chi connectivity index (χ3n) is 7.82. The van der Waals surface area contributed by atoms with E-state index in [1.165, 1.54) is 22.2 Å². The minimum Gasteiger partial charge on any atom is -0.394 e. The number of nitrogens with one attached hydrogen (secondary N) is 2. The fourth-order valence-corrected chi connectivity index (χ4v) is 5.89. The van der Waals surface area contributed by atoms with E-state index in [-0.39, 0.29) is 53.7 Å².